The van der Waals surface area contributed by atoms with Crippen LogP contribution in [0.15, 0.2) is 53.4 Å². The Morgan fingerprint density at radius 2 is 1.79 bits per heavy atom. The molecule has 0 spiro atoms. The maximum Gasteiger partial charge on any atom is 0.269 e. The molecule has 3 rings (SSSR count). The number of hydrogen-bond acceptors (Lipinski definition) is 5. The lowest BCUT2D eigenvalue weighted by Crippen LogP contribution is -2.46. The van der Waals surface area contributed by atoms with Gasteiger partial charge in [0.05, 0.1) is 9.82 Å². The molecule has 0 atom stereocenters. The van der Waals surface area contributed by atoms with Crippen LogP contribution < -0.4 is 5.32 Å². The van der Waals surface area contributed by atoms with Crippen LogP contribution >= 0.6 is 11.6 Å². The van der Waals surface area contributed by atoms with Gasteiger partial charge in [-0.3, -0.25) is 14.9 Å². The Balaban J connectivity index is 1.61. The Labute approximate surface area is 167 Å². The molecule has 0 aromatic heterocycles. The zero-order chi connectivity index (χ0) is 20.3. The summed E-state index contributed by atoms with van der Waals surface area (Å²) in [7, 11) is -3.73. The molecular formula is C18H18ClN3O5S. The number of nitro benzene ring substituents is 1. The third-order valence-electron chi connectivity index (χ3n) is 4.56. The Kier molecular flexibility index (Phi) is 5.97. The van der Waals surface area contributed by atoms with Gasteiger partial charge in [-0.2, -0.15) is 4.31 Å². The summed E-state index contributed by atoms with van der Waals surface area (Å²) in [5.41, 5.74) is 0.287. The van der Waals surface area contributed by atoms with E-state index in [0.717, 1.165) is 0 Å². The smallest absolute Gasteiger partial charge is 0.269 e. The molecule has 1 fully saturated rings. The van der Waals surface area contributed by atoms with E-state index in [1.807, 2.05) is 0 Å². The van der Waals surface area contributed by atoms with Crippen LogP contribution in [-0.2, 0) is 10.0 Å². The normalized spacial score (nSPS) is 15.9. The molecule has 1 N–H and O–H groups in total. The van der Waals surface area contributed by atoms with Crippen molar-refractivity contribution < 1.29 is 18.1 Å². The van der Waals surface area contributed by atoms with Crippen molar-refractivity contribution in [3.8, 4) is 0 Å². The fourth-order valence-corrected chi connectivity index (χ4v) is 4.69. The zero-order valence-electron chi connectivity index (χ0n) is 14.7. The molecule has 0 bridgehead atoms. The monoisotopic (exact) mass is 423 g/mol. The van der Waals surface area contributed by atoms with Crippen molar-refractivity contribution in [2.24, 2.45) is 0 Å². The first kappa shape index (κ1) is 20.2. The molecule has 0 radical (unpaired) electrons. The van der Waals surface area contributed by atoms with E-state index in [-0.39, 0.29) is 35.6 Å². The third kappa shape index (κ3) is 4.49. The minimum absolute atomic E-state index is 0.0134. The molecule has 1 aliphatic heterocycles. The van der Waals surface area contributed by atoms with Crippen molar-refractivity contribution in [2.75, 3.05) is 13.1 Å². The van der Waals surface area contributed by atoms with Gasteiger partial charge in [-0.25, -0.2) is 8.42 Å². The van der Waals surface area contributed by atoms with Gasteiger partial charge in [-0.05, 0) is 43.2 Å². The maximum atomic E-state index is 12.7. The summed E-state index contributed by atoms with van der Waals surface area (Å²) in [4.78, 5) is 22.4. The van der Waals surface area contributed by atoms with E-state index in [1.165, 1.54) is 28.6 Å². The quantitative estimate of drug-likeness (QED) is 0.587. The van der Waals surface area contributed by atoms with Crippen LogP contribution in [0, 0.1) is 10.1 Å². The summed E-state index contributed by atoms with van der Waals surface area (Å²) in [6, 6.07) is 11.3. The number of carbonyl (C=O) groups excluding carboxylic acids is 1. The second-order valence-electron chi connectivity index (χ2n) is 6.41. The topological polar surface area (TPSA) is 110 Å². The number of amides is 1. The summed E-state index contributed by atoms with van der Waals surface area (Å²) >= 11 is 5.90. The average molecular weight is 424 g/mol. The lowest BCUT2D eigenvalue weighted by molar-refractivity contribution is -0.384. The van der Waals surface area contributed by atoms with E-state index >= 15 is 0 Å². The van der Waals surface area contributed by atoms with E-state index in [1.54, 1.807) is 24.3 Å². The van der Waals surface area contributed by atoms with Crippen LogP contribution in [0.3, 0.4) is 0 Å². The number of non-ortho nitro benzene ring substituents is 1. The number of rotatable bonds is 5. The number of halogens is 1. The highest BCUT2D eigenvalue weighted by Crippen LogP contribution is 2.23. The lowest BCUT2D eigenvalue weighted by Gasteiger charge is -2.31. The number of nitrogens with one attached hydrogen (secondary N) is 1. The molecule has 8 nitrogen and oxygen atoms in total. The van der Waals surface area contributed by atoms with Gasteiger partial charge >= 0.3 is 0 Å². The summed E-state index contributed by atoms with van der Waals surface area (Å²) in [5.74, 6) is -0.251. The standard InChI is InChI=1S/C18H18ClN3O5S/c19-14-3-1-2-13(12-14)18(23)20-15-8-10-21(11-9-15)28(26,27)17-6-4-16(5-7-17)22(24)25/h1-7,12,15H,8-11H2,(H,20,23). The predicted octanol–water partition coefficient (Wildman–Crippen LogP) is 2.83. The summed E-state index contributed by atoms with van der Waals surface area (Å²) in [6.07, 6.45) is 0.942. The van der Waals surface area contributed by atoms with Crippen molar-refractivity contribution >= 4 is 33.2 Å². The van der Waals surface area contributed by atoms with Crippen LogP contribution in [0.5, 0.6) is 0 Å². The second-order valence-corrected chi connectivity index (χ2v) is 8.79. The maximum absolute atomic E-state index is 12.7. The Morgan fingerprint density at radius 1 is 1.14 bits per heavy atom. The summed E-state index contributed by atoms with van der Waals surface area (Å²) in [6.45, 7) is 0.500. The minimum Gasteiger partial charge on any atom is -0.349 e. The van der Waals surface area contributed by atoms with Gasteiger partial charge in [0, 0.05) is 41.9 Å². The number of nitrogens with zero attached hydrogens (tertiary/aromatic N) is 2. The van der Waals surface area contributed by atoms with Crippen molar-refractivity contribution in [3.63, 3.8) is 0 Å². The fourth-order valence-electron chi connectivity index (χ4n) is 3.03. The van der Waals surface area contributed by atoms with Crippen LogP contribution in [-0.4, -0.2) is 42.7 Å². The largest absolute Gasteiger partial charge is 0.349 e. The van der Waals surface area contributed by atoms with Crippen LogP contribution in [0.4, 0.5) is 5.69 Å². The SMILES string of the molecule is O=C(NC1CCN(S(=O)(=O)c2ccc([N+](=O)[O-])cc2)CC1)c1cccc(Cl)c1. The molecule has 1 saturated heterocycles. The first-order valence-electron chi connectivity index (χ1n) is 8.58. The fraction of sp³-hybridized carbons (Fsp3) is 0.278. The predicted molar refractivity (Wildman–Crippen MR) is 104 cm³/mol. The van der Waals surface area contributed by atoms with Crippen molar-refractivity contribution in [1.29, 1.82) is 0 Å². The first-order chi connectivity index (χ1) is 13.3. The molecular weight excluding hydrogens is 406 g/mol. The summed E-state index contributed by atoms with van der Waals surface area (Å²) < 4.78 is 26.8. The Morgan fingerprint density at radius 3 is 2.36 bits per heavy atom. The third-order valence-corrected chi connectivity index (χ3v) is 6.71. The number of benzene rings is 2. The van der Waals surface area contributed by atoms with Gasteiger partial charge in [-0.15, -0.1) is 0 Å². The number of nitro groups is 1. The Hall–Kier alpha value is -2.49. The average Bonchev–Trinajstić information content (AvgIpc) is 2.68. The second kappa shape index (κ2) is 8.26. The zero-order valence-corrected chi connectivity index (χ0v) is 16.3. The molecule has 10 heteroatoms. The molecule has 1 amide bonds. The molecule has 1 heterocycles. The van der Waals surface area contributed by atoms with E-state index in [2.05, 4.69) is 5.32 Å². The van der Waals surface area contributed by atoms with Gasteiger partial charge in [0.1, 0.15) is 0 Å². The van der Waals surface area contributed by atoms with E-state index in [9.17, 15) is 23.3 Å². The highest BCUT2D eigenvalue weighted by atomic mass is 35.5. The van der Waals surface area contributed by atoms with Crippen LogP contribution in [0.1, 0.15) is 23.2 Å². The molecule has 28 heavy (non-hydrogen) atoms. The van der Waals surface area contributed by atoms with E-state index in [0.29, 0.717) is 23.4 Å². The molecule has 0 saturated carbocycles. The first-order valence-corrected chi connectivity index (χ1v) is 10.4. The van der Waals surface area contributed by atoms with Gasteiger partial charge in [0.15, 0.2) is 0 Å². The van der Waals surface area contributed by atoms with Gasteiger partial charge < -0.3 is 5.32 Å². The number of piperidine rings is 1. The van der Waals surface area contributed by atoms with E-state index in [4.69, 9.17) is 11.6 Å². The van der Waals surface area contributed by atoms with Crippen molar-refractivity contribution in [2.45, 2.75) is 23.8 Å². The molecule has 0 aliphatic carbocycles. The summed E-state index contributed by atoms with van der Waals surface area (Å²) in [5, 5.41) is 14.1. The molecule has 148 valence electrons. The van der Waals surface area contributed by atoms with Crippen molar-refractivity contribution in [3.05, 3.63) is 69.2 Å². The van der Waals surface area contributed by atoms with Gasteiger partial charge in [0.2, 0.25) is 10.0 Å². The lowest BCUT2D eigenvalue weighted by atomic mass is 10.1. The molecule has 2 aromatic carbocycles. The minimum atomic E-state index is -3.73. The van der Waals surface area contributed by atoms with E-state index < -0.39 is 14.9 Å². The Bertz CT molecular complexity index is 987. The van der Waals surface area contributed by atoms with Crippen LogP contribution in [0.25, 0.3) is 0 Å². The number of carbonyl (C=O) groups is 1. The molecule has 1 aliphatic rings. The van der Waals surface area contributed by atoms with Gasteiger partial charge in [-0.1, -0.05) is 17.7 Å². The molecule has 0 unspecified atom stereocenters. The highest BCUT2D eigenvalue weighted by molar-refractivity contribution is 7.89. The highest BCUT2D eigenvalue weighted by Gasteiger charge is 2.30. The van der Waals surface area contributed by atoms with Gasteiger partial charge in [0.25, 0.3) is 11.6 Å². The number of hydrogen-bond donors (Lipinski definition) is 1. The van der Waals surface area contributed by atoms with Crippen LogP contribution in [0.2, 0.25) is 5.02 Å². The molecule has 2 aromatic rings. The number of sulfonamides is 1. The van der Waals surface area contributed by atoms with Crippen molar-refractivity contribution in [1.82, 2.24) is 9.62 Å².